The third kappa shape index (κ3) is 8.82. The van der Waals surface area contributed by atoms with Gasteiger partial charge < -0.3 is 12.3 Å². The van der Waals surface area contributed by atoms with Gasteiger partial charge >= 0.3 is 18.9 Å². The molecular formula is C4H4ClLi. The maximum absolute atomic E-state index is 6.28. The van der Waals surface area contributed by atoms with Crippen LogP contribution in [-0.2, 0) is 0 Å². The van der Waals surface area contributed by atoms with Crippen molar-refractivity contribution in [3.63, 3.8) is 0 Å². The normalized spacial score (nSPS) is 10.8. The van der Waals surface area contributed by atoms with Crippen molar-refractivity contribution in [2.45, 2.75) is 12.3 Å². The molecule has 0 saturated heterocycles. The Morgan fingerprint density at radius 2 is 2.00 bits per heavy atom. The molecule has 1 atom stereocenters. The van der Waals surface area contributed by atoms with Gasteiger partial charge in [-0.05, 0) is 6.92 Å². The molecule has 0 aromatic rings. The van der Waals surface area contributed by atoms with Gasteiger partial charge in [0.1, 0.15) is 0 Å². The molecule has 0 spiro atoms. The van der Waals surface area contributed by atoms with Gasteiger partial charge in [-0.25, -0.2) is 0 Å². The van der Waals surface area contributed by atoms with Gasteiger partial charge in [0.15, 0.2) is 0 Å². The molecule has 0 bridgehead atoms. The summed E-state index contributed by atoms with van der Waals surface area (Å²) < 4.78 is 0. The third-order valence-electron chi connectivity index (χ3n) is 0.199. The maximum Gasteiger partial charge on any atom is 1.00 e. The van der Waals surface area contributed by atoms with Crippen LogP contribution in [-0.4, -0.2) is 5.38 Å². The fourth-order valence-corrected chi connectivity index (χ4v) is 0. The average Bonchev–Trinajstić information content (AvgIpc) is 1.38. The molecule has 0 fully saturated rings. The van der Waals surface area contributed by atoms with Crippen LogP contribution in [0, 0.1) is 12.3 Å². The first-order valence-electron chi connectivity index (χ1n) is 1.33. The molecule has 0 aliphatic carbocycles. The summed E-state index contributed by atoms with van der Waals surface area (Å²) in [5.41, 5.74) is 0. The molecule has 0 heterocycles. The number of rotatable bonds is 0. The Bertz CT molecular complexity index is 53.1. The summed E-state index contributed by atoms with van der Waals surface area (Å²) in [6, 6.07) is 0. The summed E-state index contributed by atoms with van der Waals surface area (Å²) in [7, 11) is 0. The van der Waals surface area contributed by atoms with E-state index >= 15 is 0 Å². The molecule has 28 valence electrons. The van der Waals surface area contributed by atoms with Gasteiger partial charge in [-0.2, -0.15) is 0 Å². The standard InChI is InChI=1S/C4H4Cl.Li/c1-3-4(2)5;/h4H,2H3;/q-1;+1/t4-;/m0./s1. The van der Waals surface area contributed by atoms with Crippen molar-refractivity contribution in [3.8, 4) is 5.92 Å². The van der Waals surface area contributed by atoms with E-state index in [-0.39, 0.29) is 24.2 Å². The van der Waals surface area contributed by atoms with E-state index in [4.69, 9.17) is 18.0 Å². The fourth-order valence-electron chi connectivity index (χ4n) is 0. The average molecular weight is 94.5 g/mol. The Morgan fingerprint density at radius 3 is 2.00 bits per heavy atom. The van der Waals surface area contributed by atoms with E-state index in [1.807, 2.05) is 5.92 Å². The Balaban J connectivity index is 0. The maximum atomic E-state index is 6.28. The van der Waals surface area contributed by atoms with E-state index in [0.29, 0.717) is 0 Å². The van der Waals surface area contributed by atoms with Crippen molar-refractivity contribution in [2.24, 2.45) is 0 Å². The first-order chi connectivity index (χ1) is 2.27. The Kier molecular flexibility index (Phi) is 8.78. The molecule has 0 saturated carbocycles. The van der Waals surface area contributed by atoms with Gasteiger partial charge in [0.25, 0.3) is 0 Å². The van der Waals surface area contributed by atoms with Gasteiger partial charge in [-0.15, -0.1) is 11.6 Å². The van der Waals surface area contributed by atoms with Crippen LogP contribution in [0.25, 0.3) is 0 Å². The van der Waals surface area contributed by atoms with Crippen LogP contribution in [0.3, 0.4) is 0 Å². The molecule has 2 heteroatoms. The van der Waals surface area contributed by atoms with Crippen molar-refractivity contribution < 1.29 is 18.9 Å². The number of hydrogen-bond donors (Lipinski definition) is 0. The molecule has 0 amide bonds. The second-order valence-electron chi connectivity index (χ2n) is 0.760. The van der Waals surface area contributed by atoms with E-state index in [1.165, 1.54) is 0 Å². The monoisotopic (exact) mass is 94.0 g/mol. The minimum absolute atomic E-state index is 0. The molecule has 6 heavy (non-hydrogen) atoms. The Morgan fingerprint density at radius 1 is 1.83 bits per heavy atom. The quantitative estimate of drug-likeness (QED) is 0.144. The van der Waals surface area contributed by atoms with Gasteiger partial charge in [-0.3, -0.25) is 0 Å². The molecule has 0 rings (SSSR count). The molecule has 0 aromatic carbocycles. The van der Waals surface area contributed by atoms with E-state index in [0.717, 1.165) is 0 Å². The smallest absolute Gasteiger partial charge is 0.692 e. The number of hydrogen-bond acceptors (Lipinski definition) is 0. The van der Waals surface area contributed by atoms with Gasteiger partial charge in [0.2, 0.25) is 0 Å². The predicted molar refractivity (Wildman–Crippen MR) is 22.4 cm³/mol. The van der Waals surface area contributed by atoms with Crippen molar-refractivity contribution in [2.75, 3.05) is 0 Å². The van der Waals surface area contributed by atoms with Crippen molar-refractivity contribution in [3.05, 3.63) is 6.42 Å². The zero-order valence-corrected chi connectivity index (χ0v) is 4.71. The summed E-state index contributed by atoms with van der Waals surface area (Å²) in [5, 5.41) is -0.227. The SMILES string of the molecule is [C-]#C[C@H](C)Cl.[Li+]. The minimum atomic E-state index is -0.227. The molecule has 0 aliphatic rings. The summed E-state index contributed by atoms with van der Waals surface area (Å²) >= 11 is 5.16. The summed E-state index contributed by atoms with van der Waals surface area (Å²) in [6.07, 6.45) is 6.28. The second kappa shape index (κ2) is 5.45. The minimum Gasteiger partial charge on any atom is -0.692 e. The van der Waals surface area contributed by atoms with Gasteiger partial charge in [-0.1, -0.05) is 0 Å². The Hall–Kier alpha value is 0.447. The van der Waals surface area contributed by atoms with Crippen LogP contribution in [0.2, 0.25) is 0 Å². The zero-order chi connectivity index (χ0) is 4.28. The van der Waals surface area contributed by atoms with E-state index in [2.05, 4.69) is 0 Å². The van der Waals surface area contributed by atoms with E-state index < -0.39 is 0 Å². The third-order valence-corrected chi connectivity index (χ3v) is 0.308. The summed E-state index contributed by atoms with van der Waals surface area (Å²) in [5.74, 6) is 2.04. The largest absolute Gasteiger partial charge is 1.00 e. The van der Waals surface area contributed by atoms with Crippen LogP contribution in [0.1, 0.15) is 6.92 Å². The van der Waals surface area contributed by atoms with E-state index in [1.54, 1.807) is 6.92 Å². The first-order valence-corrected chi connectivity index (χ1v) is 1.77. The second-order valence-corrected chi connectivity index (χ2v) is 1.41. The molecule has 0 N–H and O–H groups in total. The molecule has 0 aliphatic heterocycles. The van der Waals surface area contributed by atoms with Crippen LogP contribution < -0.4 is 18.9 Å². The number of halogens is 1. The Labute approximate surface area is 55.4 Å². The predicted octanol–water partition coefficient (Wildman–Crippen LogP) is -1.79. The van der Waals surface area contributed by atoms with Crippen LogP contribution in [0.5, 0.6) is 0 Å². The van der Waals surface area contributed by atoms with Gasteiger partial charge in [0.05, 0.1) is 5.38 Å². The van der Waals surface area contributed by atoms with Gasteiger partial charge in [0, 0.05) is 0 Å². The fraction of sp³-hybridized carbons (Fsp3) is 0.500. The summed E-state index contributed by atoms with van der Waals surface area (Å²) in [4.78, 5) is 0. The summed E-state index contributed by atoms with van der Waals surface area (Å²) in [6.45, 7) is 1.69. The zero-order valence-electron chi connectivity index (χ0n) is 3.96. The molecule has 0 unspecified atom stereocenters. The van der Waals surface area contributed by atoms with Crippen molar-refractivity contribution >= 4 is 11.6 Å². The van der Waals surface area contributed by atoms with Crippen LogP contribution >= 0.6 is 11.6 Å². The van der Waals surface area contributed by atoms with Crippen molar-refractivity contribution in [1.29, 1.82) is 0 Å². The first kappa shape index (κ1) is 9.67. The molecule has 0 aromatic heterocycles. The van der Waals surface area contributed by atoms with E-state index in [9.17, 15) is 0 Å². The molecular weight excluding hydrogens is 90.4 g/mol. The topological polar surface area (TPSA) is 0 Å². The van der Waals surface area contributed by atoms with Crippen molar-refractivity contribution in [1.82, 2.24) is 0 Å². The molecule has 0 nitrogen and oxygen atoms in total. The van der Waals surface area contributed by atoms with Crippen LogP contribution in [0.4, 0.5) is 0 Å². The number of alkyl halides is 1. The molecule has 0 radical (unpaired) electrons. The van der Waals surface area contributed by atoms with Crippen LogP contribution in [0.15, 0.2) is 0 Å².